The molecule has 0 spiro atoms. The fraction of sp³-hybridized carbons (Fsp3) is 0.600. The predicted octanol–water partition coefficient (Wildman–Crippen LogP) is 1.59. The molecule has 2 heterocycles. The van der Waals surface area contributed by atoms with Crippen LogP contribution in [0, 0.1) is 0 Å². The van der Waals surface area contributed by atoms with Crippen molar-refractivity contribution in [1.29, 1.82) is 0 Å². The summed E-state index contributed by atoms with van der Waals surface area (Å²) in [5, 5.41) is 8.82. The fourth-order valence-electron chi connectivity index (χ4n) is 1.38. The molecule has 0 amide bonds. The van der Waals surface area contributed by atoms with Crippen LogP contribution in [0.5, 0.6) is 0 Å². The Morgan fingerprint density at radius 3 is 2.36 bits per heavy atom. The topological polar surface area (TPSA) is 51.8 Å². The van der Waals surface area contributed by atoms with E-state index in [1.54, 1.807) is 12.1 Å². The SMILES string of the molecule is C[C@H]1OC(c2ccc(CO)o2)O[C@@H]1C. The van der Waals surface area contributed by atoms with Crippen LogP contribution in [0.2, 0.25) is 0 Å². The van der Waals surface area contributed by atoms with Gasteiger partial charge in [0.25, 0.3) is 0 Å². The zero-order valence-electron chi connectivity index (χ0n) is 8.27. The van der Waals surface area contributed by atoms with Gasteiger partial charge in [-0.15, -0.1) is 0 Å². The summed E-state index contributed by atoms with van der Waals surface area (Å²) < 4.78 is 16.4. The molecule has 4 heteroatoms. The maximum Gasteiger partial charge on any atom is 0.217 e. The second-order valence-corrected chi connectivity index (χ2v) is 3.48. The Labute approximate surface area is 82.4 Å². The third-order valence-corrected chi connectivity index (χ3v) is 2.41. The average Bonchev–Trinajstić information content (AvgIpc) is 2.74. The van der Waals surface area contributed by atoms with Gasteiger partial charge in [0.15, 0.2) is 5.76 Å². The minimum Gasteiger partial charge on any atom is -0.458 e. The Bertz CT molecular complexity index is 297. The summed E-state index contributed by atoms with van der Waals surface area (Å²) in [6.45, 7) is 3.82. The quantitative estimate of drug-likeness (QED) is 0.784. The van der Waals surface area contributed by atoms with Gasteiger partial charge in [-0.05, 0) is 26.0 Å². The lowest BCUT2D eigenvalue weighted by atomic mass is 10.3. The molecular weight excluding hydrogens is 184 g/mol. The number of furan rings is 1. The van der Waals surface area contributed by atoms with Crippen molar-refractivity contribution in [1.82, 2.24) is 0 Å². The normalized spacial score (nSPS) is 28.5. The Morgan fingerprint density at radius 1 is 1.21 bits per heavy atom. The van der Waals surface area contributed by atoms with Crippen LogP contribution < -0.4 is 0 Å². The van der Waals surface area contributed by atoms with Crippen LogP contribution >= 0.6 is 0 Å². The number of hydrogen-bond acceptors (Lipinski definition) is 4. The molecule has 0 unspecified atom stereocenters. The van der Waals surface area contributed by atoms with Crippen LogP contribution in [0.1, 0.15) is 31.7 Å². The monoisotopic (exact) mass is 198 g/mol. The fourth-order valence-corrected chi connectivity index (χ4v) is 1.38. The van der Waals surface area contributed by atoms with Crippen molar-refractivity contribution < 1.29 is 19.0 Å². The summed E-state index contributed by atoms with van der Waals surface area (Å²) in [7, 11) is 0. The average molecular weight is 198 g/mol. The summed E-state index contributed by atoms with van der Waals surface area (Å²) in [4.78, 5) is 0. The first-order valence-electron chi connectivity index (χ1n) is 4.71. The third-order valence-electron chi connectivity index (χ3n) is 2.41. The van der Waals surface area contributed by atoms with Gasteiger partial charge in [0.05, 0.1) is 12.2 Å². The van der Waals surface area contributed by atoms with Crippen LogP contribution in [0.4, 0.5) is 0 Å². The number of aliphatic hydroxyl groups is 1. The lowest BCUT2D eigenvalue weighted by molar-refractivity contribution is -0.0797. The van der Waals surface area contributed by atoms with E-state index in [1.165, 1.54) is 0 Å². The molecule has 1 N–H and O–H groups in total. The van der Waals surface area contributed by atoms with Gasteiger partial charge in [0.1, 0.15) is 12.4 Å². The van der Waals surface area contributed by atoms with Crippen molar-refractivity contribution in [3.05, 3.63) is 23.7 Å². The Morgan fingerprint density at radius 2 is 1.86 bits per heavy atom. The molecule has 1 aliphatic heterocycles. The standard InChI is InChI=1S/C10H14O4/c1-6-7(2)13-10(12-6)9-4-3-8(5-11)14-9/h3-4,6-7,10-11H,5H2,1-2H3/t6-,7-/m1/s1. The molecule has 14 heavy (non-hydrogen) atoms. The van der Waals surface area contributed by atoms with E-state index in [0.717, 1.165) is 0 Å². The first-order chi connectivity index (χ1) is 6.70. The molecule has 0 bridgehead atoms. The first-order valence-corrected chi connectivity index (χ1v) is 4.71. The van der Waals surface area contributed by atoms with E-state index < -0.39 is 6.29 Å². The molecule has 0 aromatic carbocycles. The Kier molecular flexibility index (Phi) is 2.58. The second-order valence-electron chi connectivity index (χ2n) is 3.48. The largest absolute Gasteiger partial charge is 0.458 e. The first kappa shape index (κ1) is 9.71. The zero-order chi connectivity index (χ0) is 10.1. The summed E-state index contributed by atoms with van der Waals surface area (Å²) in [6, 6.07) is 3.48. The van der Waals surface area contributed by atoms with Crippen LogP contribution in [-0.2, 0) is 16.1 Å². The van der Waals surface area contributed by atoms with E-state index >= 15 is 0 Å². The molecule has 0 saturated carbocycles. The van der Waals surface area contributed by atoms with Crippen LogP contribution in [0.15, 0.2) is 16.5 Å². The van der Waals surface area contributed by atoms with Crippen LogP contribution in [0.25, 0.3) is 0 Å². The Hall–Kier alpha value is -0.840. The lowest BCUT2D eigenvalue weighted by Crippen LogP contribution is -2.13. The van der Waals surface area contributed by atoms with Crippen molar-refractivity contribution in [3.63, 3.8) is 0 Å². The molecule has 1 saturated heterocycles. The van der Waals surface area contributed by atoms with E-state index in [1.807, 2.05) is 13.8 Å². The molecule has 1 aromatic heterocycles. The van der Waals surface area contributed by atoms with Gasteiger partial charge in [-0.1, -0.05) is 0 Å². The highest BCUT2D eigenvalue weighted by Crippen LogP contribution is 2.31. The minimum atomic E-state index is -0.430. The number of aliphatic hydroxyl groups excluding tert-OH is 1. The summed E-state index contributed by atoms with van der Waals surface area (Å²) in [5.41, 5.74) is 0. The van der Waals surface area contributed by atoms with Gasteiger partial charge in [-0.25, -0.2) is 0 Å². The van der Waals surface area contributed by atoms with Crippen LogP contribution in [-0.4, -0.2) is 17.3 Å². The smallest absolute Gasteiger partial charge is 0.217 e. The lowest BCUT2D eigenvalue weighted by Gasteiger charge is -2.05. The molecule has 0 radical (unpaired) electrons. The molecule has 1 aliphatic rings. The molecule has 0 aliphatic carbocycles. The Balaban J connectivity index is 2.09. The maximum absolute atomic E-state index is 8.82. The molecular formula is C10H14O4. The van der Waals surface area contributed by atoms with Gasteiger partial charge in [0.2, 0.25) is 6.29 Å². The molecule has 2 rings (SSSR count). The third kappa shape index (κ3) is 1.68. The van der Waals surface area contributed by atoms with Crippen molar-refractivity contribution in [2.75, 3.05) is 0 Å². The molecule has 2 atom stereocenters. The van der Waals surface area contributed by atoms with Gasteiger partial charge < -0.3 is 19.0 Å². The molecule has 1 aromatic rings. The van der Waals surface area contributed by atoms with Crippen molar-refractivity contribution in [2.45, 2.75) is 39.0 Å². The van der Waals surface area contributed by atoms with Gasteiger partial charge in [-0.3, -0.25) is 0 Å². The molecule has 78 valence electrons. The van der Waals surface area contributed by atoms with Gasteiger partial charge in [0, 0.05) is 0 Å². The van der Waals surface area contributed by atoms with E-state index in [2.05, 4.69) is 0 Å². The molecule has 1 fully saturated rings. The number of ether oxygens (including phenoxy) is 2. The summed E-state index contributed by atoms with van der Waals surface area (Å²) >= 11 is 0. The molecule has 4 nitrogen and oxygen atoms in total. The zero-order valence-corrected chi connectivity index (χ0v) is 8.27. The highest BCUT2D eigenvalue weighted by molar-refractivity contribution is 5.08. The number of rotatable bonds is 2. The van der Waals surface area contributed by atoms with E-state index in [4.69, 9.17) is 19.0 Å². The van der Waals surface area contributed by atoms with Gasteiger partial charge >= 0.3 is 0 Å². The predicted molar refractivity (Wildman–Crippen MR) is 48.5 cm³/mol. The highest BCUT2D eigenvalue weighted by atomic mass is 16.7. The van der Waals surface area contributed by atoms with Gasteiger partial charge in [-0.2, -0.15) is 0 Å². The van der Waals surface area contributed by atoms with Crippen molar-refractivity contribution in [3.8, 4) is 0 Å². The van der Waals surface area contributed by atoms with E-state index in [0.29, 0.717) is 11.5 Å². The van der Waals surface area contributed by atoms with E-state index in [-0.39, 0.29) is 18.8 Å². The van der Waals surface area contributed by atoms with Crippen LogP contribution in [0.3, 0.4) is 0 Å². The van der Waals surface area contributed by atoms with Crippen molar-refractivity contribution in [2.24, 2.45) is 0 Å². The number of hydrogen-bond donors (Lipinski definition) is 1. The summed E-state index contributed by atoms with van der Waals surface area (Å²) in [6.07, 6.45) is -0.286. The summed E-state index contributed by atoms with van der Waals surface area (Å²) in [5.74, 6) is 1.14. The maximum atomic E-state index is 8.82. The highest BCUT2D eigenvalue weighted by Gasteiger charge is 2.32. The van der Waals surface area contributed by atoms with E-state index in [9.17, 15) is 0 Å². The second kappa shape index (κ2) is 3.73. The van der Waals surface area contributed by atoms with Crippen molar-refractivity contribution >= 4 is 0 Å². The minimum absolute atomic E-state index is 0.0719.